The van der Waals surface area contributed by atoms with Crippen molar-refractivity contribution in [3.05, 3.63) is 229 Å². The van der Waals surface area contributed by atoms with E-state index < -0.39 is 0 Å². The summed E-state index contributed by atoms with van der Waals surface area (Å²) in [6.07, 6.45) is 8.19. The van der Waals surface area contributed by atoms with Crippen LogP contribution >= 0.6 is 0 Å². The van der Waals surface area contributed by atoms with Crippen molar-refractivity contribution in [2.45, 2.75) is 38.1 Å². The fourth-order valence-electron chi connectivity index (χ4n) is 12.4. The van der Waals surface area contributed by atoms with Crippen molar-refractivity contribution in [2.24, 2.45) is 0 Å². The Labute approximate surface area is 384 Å². The summed E-state index contributed by atoms with van der Waals surface area (Å²) in [4.78, 5) is 2.59. The number of hydrogen-bond acceptors (Lipinski definition) is 1. The topological polar surface area (TPSA) is 7.65 Å². The van der Waals surface area contributed by atoms with Crippen LogP contribution < -0.4 is 4.90 Å². The molecule has 0 spiro atoms. The van der Waals surface area contributed by atoms with Crippen LogP contribution in [0.2, 0.25) is 0 Å². The molecule has 0 aliphatic heterocycles. The lowest BCUT2D eigenvalue weighted by Crippen LogP contribution is -2.42. The molecule has 0 saturated carbocycles. The molecular weight excluding hydrogens is 797 g/mol. The lowest BCUT2D eigenvalue weighted by Gasteiger charge is -2.42. The first kappa shape index (κ1) is 37.4. The number of benzene rings is 10. The number of anilines is 2. The van der Waals surface area contributed by atoms with E-state index in [4.69, 9.17) is 0 Å². The summed E-state index contributed by atoms with van der Waals surface area (Å²) < 4.78 is 2.48. The number of allylic oxidation sites excluding steroid dienone is 2. The molecule has 10 aromatic carbocycles. The summed E-state index contributed by atoms with van der Waals surface area (Å²) in [7, 11) is 0. The molecule has 0 N–H and O–H groups in total. The maximum absolute atomic E-state index is 2.59. The van der Waals surface area contributed by atoms with Crippen molar-refractivity contribution in [3.8, 4) is 22.3 Å². The monoisotopic (exact) mass is 842 g/mol. The number of hydrogen-bond donors (Lipinski definition) is 0. The minimum absolute atomic E-state index is 0.0990. The van der Waals surface area contributed by atoms with Crippen LogP contribution in [0.4, 0.5) is 11.4 Å². The van der Waals surface area contributed by atoms with Crippen LogP contribution in [0.3, 0.4) is 0 Å². The van der Waals surface area contributed by atoms with E-state index in [1.165, 1.54) is 126 Å². The summed E-state index contributed by atoms with van der Waals surface area (Å²) in [5.74, 6) is 0. The van der Waals surface area contributed by atoms with Crippen molar-refractivity contribution in [1.82, 2.24) is 4.40 Å². The van der Waals surface area contributed by atoms with Crippen molar-refractivity contribution in [3.63, 3.8) is 0 Å². The number of fused-ring (bicyclic) bond motifs is 15. The fourth-order valence-corrected chi connectivity index (χ4v) is 12.4. The van der Waals surface area contributed by atoms with Gasteiger partial charge in [-0.2, -0.15) is 0 Å². The molecule has 0 amide bonds. The summed E-state index contributed by atoms with van der Waals surface area (Å²) in [6, 6.07) is 72.6. The molecular formula is C64H46N2. The molecule has 66 heavy (non-hydrogen) atoms. The van der Waals surface area contributed by atoms with E-state index in [-0.39, 0.29) is 11.0 Å². The summed E-state index contributed by atoms with van der Waals surface area (Å²) >= 11 is 0. The van der Waals surface area contributed by atoms with Gasteiger partial charge in [0.05, 0.1) is 22.1 Å². The van der Waals surface area contributed by atoms with Gasteiger partial charge in [-0.1, -0.05) is 190 Å². The average molecular weight is 843 g/mol. The molecule has 14 rings (SSSR count). The van der Waals surface area contributed by atoms with Crippen molar-refractivity contribution in [2.75, 3.05) is 4.90 Å². The highest BCUT2D eigenvalue weighted by molar-refractivity contribution is 6.27. The molecule has 0 saturated heterocycles. The van der Waals surface area contributed by atoms with Crippen LogP contribution in [-0.2, 0) is 5.41 Å². The lowest BCUT2D eigenvalue weighted by molar-refractivity contribution is 0.571. The number of rotatable bonds is 5. The van der Waals surface area contributed by atoms with Crippen molar-refractivity contribution >= 4 is 87.4 Å². The second-order valence-corrected chi connectivity index (χ2v) is 19.4. The second kappa shape index (κ2) is 13.5. The zero-order valence-corrected chi connectivity index (χ0v) is 37.3. The van der Waals surface area contributed by atoms with Gasteiger partial charge in [-0.05, 0) is 127 Å². The minimum Gasteiger partial charge on any atom is -0.332 e. The highest BCUT2D eigenvalue weighted by Gasteiger charge is 2.38. The van der Waals surface area contributed by atoms with Crippen LogP contribution in [0.1, 0.15) is 43.9 Å². The third-order valence-electron chi connectivity index (χ3n) is 15.4. The highest BCUT2D eigenvalue weighted by Crippen LogP contribution is 2.53. The lowest BCUT2D eigenvalue weighted by atomic mass is 9.79. The van der Waals surface area contributed by atoms with Crippen LogP contribution in [-0.4, -0.2) is 9.94 Å². The van der Waals surface area contributed by atoms with Crippen LogP contribution in [0, 0.1) is 0 Å². The Hall–Kier alpha value is -7.94. The Morgan fingerprint density at radius 2 is 1.00 bits per heavy atom. The predicted molar refractivity (Wildman–Crippen MR) is 282 cm³/mol. The molecule has 2 heterocycles. The first-order valence-electron chi connectivity index (χ1n) is 23.4. The fraction of sp³-hybridized carbons (Fsp3) is 0.0938. The van der Waals surface area contributed by atoms with E-state index in [1.54, 1.807) is 0 Å². The normalized spacial score (nSPS) is 16.6. The van der Waals surface area contributed by atoms with Crippen LogP contribution in [0.5, 0.6) is 0 Å². The molecule has 12 aromatic rings. The highest BCUT2D eigenvalue weighted by atomic mass is 15.2. The van der Waals surface area contributed by atoms with E-state index in [2.05, 4.69) is 242 Å². The zero-order chi connectivity index (χ0) is 43.9. The summed E-state index contributed by atoms with van der Waals surface area (Å²) in [6.45, 7) is 7.17. The van der Waals surface area contributed by atoms with Gasteiger partial charge in [-0.15, -0.1) is 0 Å². The van der Waals surface area contributed by atoms with E-state index in [9.17, 15) is 0 Å². The standard InChI is InChI=1S/C64H46N2/c1-63(2)57-24-11-8-19-51(57)53-23-14-22-45(61(53)63)40-27-29-42(30-28-40)66(43-31-32-50-48-17-5-4-15-46(48)47-16-6-7-18-49(47)56(50)39-43)64(3)37-35-41(36-38-64)44-33-34-54-52-20-9-12-25-58(52)65-59-26-13-10-21-55(59)60(44)62(54)65/h4-37,39H,38H2,1-3H3. The van der Waals surface area contributed by atoms with E-state index >= 15 is 0 Å². The molecule has 1 unspecified atom stereocenters. The average Bonchev–Trinajstić information content (AvgIpc) is 3.97. The van der Waals surface area contributed by atoms with E-state index in [0.29, 0.717) is 0 Å². The maximum atomic E-state index is 2.59. The Balaban J connectivity index is 0.926. The number of aromatic nitrogens is 1. The summed E-state index contributed by atoms with van der Waals surface area (Å²) in [5, 5.41) is 13.0. The minimum atomic E-state index is -0.375. The third kappa shape index (κ3) is 5.07. The van der Waals surface area contributed by atoms with Crippen LogP contribution in [0.15, 0.2) is 212 Å². The van der Waals surface area contributed by atoms with Gasteiger partial charge in [-0.3, -0.25) is 0 Å². The quantitative estimate of drug-likeness (QED) is 0.157. The Bertz CT molecular complexity index is 4030. The van der Waals surface area contributed by atoms with Gasteiger partial charge < -0.3 is 9.30 Å². The molecule has 0 fully saturated rings. The third-order valence-corrected chi connectivity index (χ3v) is 15.4. The first-order chi connectivity index (χ1) is 32.4. The van der Waals surface area contributed by atoms with Gasteiger partial charge in [0.25, 0.3) is 0 Å². The second-order valence-electron chi connectivity index (χ2n) is 19.4. The molecule has 0 bridgehead atoms. The van der Waals surface area contributed by atoms with E-state index in [1.807, 2.05) is 0 Å². The van der Waals surface area contributed by atoms with Gasteiger partial charge >= 0.3 is 0 Å². The number of nitrogens with zero attached hydrogens (tertiary/aromatic N) is 2. The Kier molecular flexibility index (Phi) is 7.68. The molecule has 0 radical (unpaired) electrons. The van der Waals surface area contributed by atoms with Gasteiger partial charge in [0.2, 0.25) is 0 Å². The molecule has 2 nitrogen and oxygen atoms in total. The first-order valence-corrected chi connectivity index (χ1v) is 23.4. The predicted octanol–water partition coefficient (Wildman–Crippen LogP) is 17.2. The van der Waals surface area contributed by atoms with Crippen molar-refractivity contribution < 1.29 is 0 Å². The largest absolute Gasteiger partial charge is 0.332 e. The van der Waals surface area contributed by atoms with Crippen molar-refractivity contribution in [1.29, 1.82) is 0 Å². The Morgan fingerprint density at radius 3 is 1.71 bits per heavy atom. The van der Waals surface area contributed by atoms with Gasteiger partial charge in [0, 0.05) is 38.3 Å². The maximum Gasteiger partial charge on any atom is 0.0643 e. The SMILES string of the molecule is CC1(C)c2ccccc2-c2cccc(-c3ccc(N(c4ccc5c6ccccc6c6ccccc6c5c4)C4(C)C=CC(c5ccc6c7ccccc7n7c8ccccc8c5c67)=CC4)cc3)c21. The van der Waals surface area contributed by atoms with Gasteiger partial charge in [0.15, 0.2) is 0 Å². The molecule has 2 heteroatoms. The zero-order valence-electron chi connectivity index (χ0n) is 37.3. The van der Waals surface area contributed by atoms with Crippen LogP contribution in [0.25, 0.3) is 98.2 Å². The number of para-hydroxylation sites is 2. The molecule has 2 aromatic heterocycles. The molecule has 2 aliphatic rings. The Morgan fingerprint density at radius 1 is 0.439 bits per heavy atom. The van der Waals surface area contributed by atoms with Gasteiger partial charge in [-0.25, -0.2) is 0 Å². The molecule has 2 aliphatic carbocycles. The molecule has 1 atom stereocenters. The smallest absolute Gasteiger partial charge is 0.0643 e. The summed E-state index contributed by atoms with van der Waals surface area (Å²) in [5.41, 5.74) is 16.3. The van der Waals surface area contributed by atoms with E-state index in [0.717, 1.165) is 6.42 Å². The van der Waals surface area contributed by atoms with Gasteiger partial charge in [0.1, 0.15) is 0 Å². The molecule has 312 valence electrons.